The van der Waals surface area contributed by atoms with Crippen molar-refractivity contribution in [3.8, 4) is 0 Å². The van der Waals surface area contributed by atoms with Crippen LogP contribution < -0.4 is 10.6 Å². The summed E-state index contributed by atoms with van der Waals surface area (Å²) in [5, 5.41) is 22.5. The molecule has 2 unspecified atom stereocenters. The summed E-state index contributed by atoms with van der Waals surface area (Å²) >= 11 is 0. The van der Waals surface area contributed by atoms with Crippen molar-refractivity contribution in [3.05, 3.63) is 0 Å². The Morgan fingerprint density at radius 1 is 1.21 bits per heavy atom. The molecule has 0 aromatic rings. The molecule has 7 nitrogen and oxygen atoms in total. The van der Waals surface area contributed by atoms with Crippen LogP contribution in [0, 0.1) is 5.41 Å². The highest BCUT2D eigenvalue weighted by Crippen LogP contribution is 2.12. The molecule has 0 aliphatic rings. The summed E-state index contributed by atoms with van der Waals surface area (Å²) < 4.78 is 0. The summed E-state index contributed by atoms with van der Waals surface area (Å²) in [7, 11) is 0. The number of nitrogens with one attached hydrogen (secondary N) is 2. The zero-order chi connectivity index (χ0) is 15.2. The molecule has 110 valence electrons. The lowest BCUT2D eigenvalue weighted by atomic mass is 9.95. The molecule has 0 aliphatic heterocycles. The van der Waals surface area contributed by atoms with Crippen LogP contribution in [0.4, 0.5) is 0 Å². The lowest BCUT2D eigenvalue weighted by molar-refractivity contribution is -0.147. The Hall–Kier alpha value is -1.63. The van der Waals surface area contributed by atoms with Gasteiger partial charge in [0, 0.05) is 18.4 Å². The Morgan fingerprint density at radius 3 is 2.16 bits per heavy atom. The smallest absolute Gasteiger partial charge is 0.332 e. The molecule has 7 heteroatoms. The van der Waals surface area contributed by atoms with Crippen LogP contribution in [0.3, 0.4) is 0 Å². The quantitative estimate of drug-likeness (QED) is 0.520. The molecule has 0 fully saturated rings. The average molecular weight is 274 g/mol. The molecule has 0 spiro atoms. The maximum absolute atomic E-state index is 11.6. The van der Waals surface area contributed by atoms with Crippen molar-refractivity contribution in [2.24, 2.45) is 5.41 Å². The van der Waals surface area contributed by atoms with Crippen molar-refractivity contribution >= 4 is 17.8 Å². The third-order valence-electron chi connectivity index (χ3n) is 2.42. The molecule has 0 aromatic heterocycles. The number of aliphatic carboxylic acids is 1. The molecule has 0 saturated carbocycles. The van der Waals surface area contributed by atoms with E-state index in [1.807, 2.05) is 0 Å². The molecule has 0 rings (SSSR count). The number of carboxylic acids is 1. The van der Waals surface area contributed by atoms with Crippen molar-refractivity contribution in [1.29, 1.82) is 0 Å². The van der Waals surface area contributed by atoms with Crippen LogP contribution in [-0.2, 0) is 14.4 Å². The van der Waals surface area contributed by atoms with Crippen molar-refractivity contribution in [2.45, 2.75) is 46.3 Å². The van der Waals surface area contributed by atoms with Crippen molar-refractivity contribution < 1.29 is 24.6 Å². The number of carbonyl (C=O) groups excluding carboxylic acids is 2. The highest BCUT2D eigenvalue weighted by atomic mass is 16.4. The van der Waals surface area contributed by atoms with Gasteiger partial charge in [-0.2, -0.15) is 0 Å². The van der Waals surface area contributed by atoms with Crippen molar-refractivity contribution in [2.75, 3.05) is 6.54 Å². The predicted molar refractivity (Wildman–Crippen MR) is 68.3 cm³/mol. The minimum absolute atomic E-state index is 0.0298. The molecular formula is C12H22N2O5. The fourth-order valence-electron chi connectivity index (χ4n) is 1.09. The van der Waals surface area contributed by atoms with Gasteiger partial charge in [0.15, 0.2) is 6.10 Å². The Morgan fingerprint density at radius 2 is 1.74 bits per heavy atom. The number of carboxylic acid groups (broad SMARTS) is 1. The number of rotatable bonds is 6. The first-order valence-electron chi connectivity index (χ1n) is 6.05. The maximum Gasteiger partial charge on any atom is 0.332 e. The normalized spacial score (nSPS) is 14.4. The molecule has 0 bridgehead atoms. The summed E-state index contributed by atoms with van der Waals surface area (Å²) in [6.07, 6.45) is -1.58. The number of amides is 2. The van der Waals surface area contributed by atoms with E-state index in [4.69, 9.17) is 10.2 Å². The second kappa shape index (κ2) is 7.08. The molecular weight excluding hydrogens is 252 g/mol. The molecule has 0 aliphatic carbocycles. The number of aliphatic hydroxyl groups is 1. The first-order valence-corrected chi connectivity index (χ1v) is 6.05. The molecule has 2 amide bonds. The van der Waals surface area contributed by atoms with Crippen LogP contribution in [0.15, 0.2) is 0 Å². The van der Waals surface area contributed by atoms with E-state index in [2.05, 4.69) is 10.6 Å². The third-order valence-corrected chi connectivity index (χ3v) is 2.42. The van der Waals surface area contributed by atoms with Gasteiger partial charge in [-0.15, -0.1) is 0 Å². The largest absolute Gasteiger partial charge is 0.479 e. The average Bonchev–Trinajstić information content (AvgIpc) is 2.26. The summed E-state index contributed by atoms with van der Waals surface area (Å²) in [4.78, 5) is 33.6. The van der Waals surface area contributed by atoms with Gasteiger partial charge in [0.05, 0.1) is 0 Å². The Kier molecular flexibility index (Phi) is 6.47. The van der Waals surface area contributed by atoms with E-state index in [1.54, 1.807) is 20.8 Å². The van der Waals surface area contributed by atoms with Gasteiger partial charge in [-0.1, -0.05) is 20.8 Å². The van der Waals surface area contributed by atoms with Crippen molar-refractivity contribution in [1.82, 2.24) is 10.6 Å². The van der Waals surface area contributed by atoms with Gasteiger partial charge < -0.3 is 20.8 Å². The summed E-state index contributed by atoms with van der Waals surface area (Å²) in [5.41, 5.74) is -0.589. The highest BCUT2D eigenvalue weighted by Gasteiger charge is 2.25. The van der Waals surface area contributed by atoms with Gasteiger partial charge in [0.2, 0.25) is 11.8 Å². The van der Waals surface area contributed by atoms with E-state index in [-0.39, 0.29) is 18.9 Å². The predicted octanol–water partition coefficient (Wildman–Crippen LogP) is -0.511. The second-order valence-corrected chi connectivity index (χ2v) is 5.38. The SMILES string of the molecule is CC(NC(=O)C(C)(C)C)C(=O)NCCC(O)C(=O)O. The Bertz CT molecular complexity index is 349. The van der Waals surface area contributed by atoms with Crippen LogP contribution >= 0.6 is 0 Å². The summed E-state index contributed by atoms with van der Waals surface area (Å²) in [5.74, 6) is -2.00. The lowest BCUT2D eigenvalue weighted by Crippen LogP contribution is -2.48. The van der Waals surface area contributed by atoms with Gasteiger partial charge in [-0.05, 0) is 6.92 Å². The molecule has 2 atom stereocenters. The van der Waals surface area contributed by atoms with E-state index in [1.165, 1.54) is 6.92 Å². The molecule has 0 saturated heterocycles. The van der Waals surface area contributed by atoms with Gasteiger partial charge in [0.1, 0.15) is 6.04 Å². The first-order chi connectivity index (χ1) is 8.55. The van der Waals surface area contributed by atoms with Crippen molar-refractivity contribution in [3.63, 3.8) is 0 Å². The number of hydrogen-bond acceptors (Lipinski definition) is 4. The second-order valence-electron chi connectivity index (χ2n) is 5.38. The van der Waals surface area contributed by atoms with Gasteiger partial charge in [-0.25, -0.2) is 4.79 Å². The standard InChI is InChI=1S/C12H22N2O5/c1-7(14-11(19)12(2,3)4)9(16)13-6-5-8(15)10(17)18/h7-8,15H,5-6H2,1-4H3,(H,13,16)(H,14,19)(H,17,18). The van der Waals surface area contributed by atoms with Gasteiger partial charge >= 0.3 is 5.97 Å². The molecule has 0 heterocycles. The van der Waals surface area contributed by atoms with E-state index in [0.717, 1.165) is 0 Å². The Balaban J connectivity index is 4.09. The minimum Gasteiger partial charge on any atom is -0.479 e. The molecule has 4 N–H and O–H groups in total. The monoisotopic (exact) mass is 274 g/mol. The summed E-state index contributed by atoms with van der Waals surface area (Å²) in [6.45, 7) is 6.76. The fraction of sp³-hybridized carbons (Fsp3) is 0.750. The molecule has 0 aromatic carbocycles. The van der Waals surface area contributed by atoms with E-state index < -0.39 is 29.4 Å². The third kappa shape index (κ3) is 6.76. The zero-order valence-electron chi connectivity index (χ0n) is 11.7. The minimum atomic E-state index is -1.50. The van der Waals surface area contributed by atoms with Gasteiger partial charge in [-0.3, -0.25) is 9.59 Å². The van der Waals surface area contributed by atoms with Crippen LogP contribution in [0.1, 0.15) is 34.1 Å². The molecule has 0 radical (unpaired) electrons. The summed E-state index contributed by atoms with van der Waals surface area (Å²) in [6, 6.07) is -0.714. The number of aliphatic hydroxyl groups excluding tert-OH is 1. The highest BCUT2D eigenvalue weighted by molar-refractivity contribution is 5.89. The van der Waals surface area contributed by atoms with Crippen LogP contribution in [0.5, 0.6) is 0 Å². The number of hydrogen-bond donors (Lipinski definition) is 4. The van der Waals surface area contributed by atoms with Gasteiger partial charge in [0.25, 0.3) is 0 Å². The Labute approximate surface area is 112 Å². The molecule has 19 heavy (non-hydrogen) atoms. The fourth-order valence-corrected chi connectivity index (χ4v) is 1.09. The van der Waals surface area contributed by atoms with Crippen LogP contribution in [0.25, 0.3) is 0 Å². The van der Waals surface area contributed by atoms with E-state index in [9.17, 15) is 14.4 Å². The lowest BCUT2D eigenvalue weighted by Gasteiger charge is -2.21. The van der Waals surface area contributed by atoms with Crippen LogP contribution in [0.2, 0.25) is 0 Å². The topological polar surface area (TPSA) is 116 Å². The zero-order valence-corrected chi connectivity index (χ0v) is 11.7. The maximum atomic E-state index is 11.6. The first kappa shape index (κ1) is 17.4. The number of carbonyl (C=O) groups is 3. The van der Waals surface area contributed by atoms with E-state index in [0.29, 0.717) is 0 Å². The van der Waals surface area contributed by atoms with E-state index >= 15 is 0 Å². The van der Waals surface area contributed by atoms with Crippen LogP contribution in [-0.4, -0.2) is 46.7 Å².